The van der Waals surface area contributed by atoms with Crippen LogP contribution in [-0.2, 0) is 27.2 Å². The predicted octanol–water partition coefficient (Wildman–Crippen LogP) is 2.81. The molecule has 0 atom stereocenters. The molecule has 0 aliphatic heterocycles. The van der Waals surface area contributed by atoms with Gasteiger partial charge in [0, 0.05) is 5.56 Å². The Labute approximate surface area is 161 Å². The summed E-state index contributed by atoms with van der Waals surface area (Å²) >= 11 is 0. The van der Waals surface area contributed by atoms with Gasteiger partial charge in [0.15, 0.2) is 0 Å². The van der Waals surface area contributed by atoms with Crippen molar-refractivity contribution in [1.82, 2.24) is 0 Å². The zero-order chi connectivity index (χ0) is 22.1. The Morgan fingerprint density at radius 1 is 1.03 bits per heavy atom. The molecule has 2 rings (SSSR count). The minimum atomic E-state index is -1.25. The number of carbonyl (C=O) groups excluding carboxylic acids is 1. The molecule has 154 valence electrons. The average Bonchev–Trinajstić information content (AvgIpc) is 2.61. The average molecular weight is 412 g/mol. The van der Waals surface area contributed by atoms with Crippen LogP contribution in [0.25, 0.3) is 0 Å². The van der Waals surface area contributed by atoms with Gasteiger partial charge in [0.25, 0.3) is 5.69 Å². The number of carboxylic acid groups (broad SMARTS) is 1. The number of nitrogens with zero attached hydrogens (tertiary/aromatic N) is 2. The van der Waals surface area contributed by atoms with E-state index in [-0.39, 0.29) is 12.0 Å². The highest BCUT2D eigenvalue weighted by molar-refractivity contribution is 5.74. The highest BCUT2D eigenvalue weighted by Crippen LogP contribution is 2.28. The van der Waals surface area contributed by atoms with Crippen LogP contribution in [0.5, 0.6) is 0 Å². The van der Waals surface area contributed by atoms with Gasteiger partial charge in [-0.25, -0.2) is 4.39 Å². The third-order valence-corrected chi connectivity index (χ3v) is 3.35. The molecule has 0 radical (unpaired) electrons. The largest absolute Gasteiger partial charge is 0.481 e. The maximum atomic E-state index is 13.3. The van der Waals surface area contributed by atoms with Crippen molar-refractivity contribution in [1.29, 1.82) is 0 Å². The highest BCUT2D eigenvalue weighted by Gasteiger charge is 2.25. The SMILES string of the molecule is COC(=O)Cc1cc(F)c([N+](=O)[O-])cc1[N+](=O)[O-].O=C(O)Cc1cccc(F)c1. The standard InChI is InChI=1S/C9H7FN2O6.C8H7FO2/c1-18-9(13)3-5-2-6(10)8(12(16)17)4-7(5)11(14)15;9-7-3-1-2-6(4-7)5-8(10)11/h2,4H,3H2,1H3;1-4H,5H2,(H,10,11). The van der Waals surface area contributed by atoms with Crippen LogP contribution >= 0.6 is 0 Å². The fourth-order valence-corrected chi connectivity index (χ4v) is 2.09. The number of nitro benzene ring substituents is 2. The molecule has 0 aliphatic rings. The normalized spacial score (nSPS) is 9.76. The number of benzene rings is 2. The van der Waals surface area contributed by atoms with Gasteiger partial charge in [-0.2, -0.15) is 4.39 Å². The van der Waals surface area contributed by atoms with Gasteiger partial charge in [-0.15, -0.1) is 0 Å². The van der Waals surface area contributed by atoms with E-state index >= 15 is 0 Å². The van der Waals surface area contributed by atoms with Gasteiger partial charge in [0.2, 0.25) is 5.82 Å². The fourth-order valence-electron chi connectivity index (χ4n) is 2.09. The van der Waals surface area contributed by atoms with Crippen molar-refractivity contribution in [2.45, 2.75) is 12.8 Å². The molecule has 0 fully saturated rings. The van der Waals surface area contributed by atoms with E-state index in [2.05, 4.69) is 4.74 Å². The van der Waals surface area contributed by atoms with Gasteiger partial charge in [-0.3, -0.25) is 29.8 Å². The molecule has 29 heavy (non-hydrogen) atoms. The molecule has 2 aromatic carbocycles. The summed E-state index contributed by atoms with van der Waals surface area (Å²) in [6.07, 6.45) is -0.667. The summed E-state index contributed by atoms with van der Waals surface area (Å²) in [4.78, 5) is 40.3. The van der Waals surface area contributed by atoms with E-state index < -0.39 is 51.2 Å². The molecular weight excluding hydrogens is 398 g/mol. The Morgan fingerprint density at radius 2 is 1.66 bits per heavy atom. The Balaban J connectivity index is 0.000000326. The lowest BCUT2D eigenvalue weighted by molar-refractivity contribution is -0.396. The van der Waals surface area contributed by atoms with Crippen LogP contribution in [0.15, 0.2) is 36.4 Å². The van der Waals surface area contributed by atoms with Crippen LogP contribution in [0.4, 0.5) is 20.2 Å². The first kappa shape index (κ1) is 23.1. The second-order valence-electron chi connectivity index (χ2n) is 5.40. The first-order chi connectivity index (χ1) is 13.5. The van der Waals surface area contributed by atoms with Crippen molar-refractivity contribution in [3.8, 4) is 0 Å². The maximum Gasteiger partial charge on any atom is 0.311 e. The smallest absolute Gasteiger partial charge is 0.311 e. The van der Waals surface area contributed by atoms with Gasteiger partial charge < -0.3 is 9.84 Å². The van der Waals surface area contributed by atoms with Gasteiger partial charge in [0.1, 0.15) is 5.82 Å². The van der Waals surface area contributed by atoms with Crippen molar-refractivity contribution in [2.75, 3.05) is 7.11 Å². The molecule has 0 spiro atoms. The number of hydrogen-bond acceptors (Lipinski definition) is 7. The number of aliphatic carboxylic acids is 1. The third-order valence-electron chi connectivity index (χ3n) is 3.35. The lowest BCUT2D eigenvalue weighted by atomic mass is 10.1. The number of carboxylic acids is 1. The zero-order valence-electron chi connectivity index (χ0n) is 14.8. The predicted molar refractivity (Wildman–Crippen MR) is 93.2 cm³/mol. The Bertz CT molecular complexity index is 949. The molecule has 0 bridgehead atoms. The van der Waals surface area contributed by atoms with Crippen LogP contribution in [0, 0.1) is 31.9 Å². The number of nitro groups is 2. The van der Waals surface area contributed by atoms with E-state index in [1.54, 1.807) is 6.07 Å². The summed E-state index contributed by atoms with van der Waals surface area (Å²) in [6.45, 7) is 0. The molecule has 0 unspecified atom stereocenters. The number of esters is 1. The van der Waals surface area contributed by atoms with E-state index in [9.17, 15) is 38.6 Å². The molecule has 0 aliphatic carbocycles. The fraction of sp³-hybridized carbons (Fsp3) is 0.176. The number of halogens is 2. The molecule has 1 N–H and O–H groups in total. The van der Waals surface area contributed by atoms with Gasteiger partial charge >= 0.3 is 17.6 Å². The zero-order valence-corrected chi connectivity index (χ0v) is 14.8. The summed E-state index contributed by atoms with van der Waals surface area (Å²) in [5, 5.41) is 29.5. The first-order valence-electron chi connectivity index (χ1n) is 7.69. The van der Waals surface area contributed by atoms with Crippen LogP contribution in [0.1, 0.15) is 11.1 Å². The molecule has 12 heteroatoms. The minimum Gasteiger partial charge on any atom is -0.481 e. The minimum absolute atomic E-state index is 0.127. The van der Waals surface area contributed by atoms with Crippen LogP contribution in [0.3, 0.4) is 0 Å². The summed E-state index contributed by atoms with van der Waals surface area (Å²) in [7, 11) is 1.07. The Hall–Kier alpha value is -3.96. The summed E-state index contributed by atoms with van der Waals surface area (Å²) in [5.74, 6) is -3.41. The third kappa shape index (κ3) is 7.28. The molecule has 0 saturated heterocycles. The number of hydrogen-bond donors (Lipinski definition) is 1. The second kappa shape index (κ2) is 10.4. The van der Waals surface area contributed by atoms with Crippen LogP contribution < -0.4 is 0 Å². The molecular formula is C17H14F2N2O8. The Morgan fingerprint density at radius 3 is 2.14 bits per heavy atom. The van der Waals surface area contributed by atoms with Crippen molar-refractivity contribution in [3.05, 3.63) is 79.4 Å². The van der Waals surface area contributed by atoms with Crippen molar-refractivity contribution < 1.29 is 38.1 Å². The quantitative estimate of drug-likeness (QED) is 0.432. The van der Waals surface area contributed by atoms with Gasteiger partial charge in [-0.05, 0) is 23.8 Å². The second-order valence-corrected chi connectivity index (χ2v) is 5.40. The van der Waals surface area contributed by atoms with E-state index in [0.717, 1.165) is 7.11 Å². The molecule has 2 aromatic rings. The van der Waals surface area contributed by atoms with Crippen molar-refractivity contribution in [2.24, 2.45) is 0 Å². The number of rotatable bonds is 6. The lowest BCUT2D eigenvalue weighted by Gasteiger charge is -2.02. The number of methoxy groups -OCH3 is 1. The summed E-state index contributed by atoms with van der Waals surface area (Å²) in [5.41, 5.74) is -1.52. The van der Waals surface area contributed by atoms with E-state index in [0.29, 0.717) is 17.7 Å². The van der Waals surface area contributed by atoms with Gasteiger partial charge in [-0.1, -0.05) is 12.1 Å². The Kier molecular flexibility index (Phi) is 8.27. The summed E-state index contributed by atoms with van der Waals surface area (Å²) < 4.78 is 30.0. The topological polar surface area (TPSA) is 150 Å². The highest BCUT2D eigenvalue weighted by atomic mass is 19.1. The van der Waals surface area contributed by atoms with Crippen LogP contribution in [0.2, 0.25) is 0 Å². The summed E-state index contributed by atoms with van der Waals surface area (Å²) in [6, 6.07) is 6.64. The van der Waals surface area contributed by atoms with E-state index in [4.69, 9.17) is 5.11 Å². The molecule has 0 amide bonds. The van der Waals surface area contributed by atoms with Crippen LogP contribution in [-0.4, -0.2) is 34.0 Å². The monoisotopic (exact) mass is 412 g/mol. The molecule has 0 heterocycles. The first-order valence-corrected chi connectivity index (χ1v) is 7.69. The lowest BCUT2D eigenvalue weighted by Crippen LogP contribution is -2.08. The number of ether oxygens (including phenoxy) is 1. The van der Waals surface area contributed by atoms with Crippen molar-refractivity contribution >= 4 is 23.3 Å². The maximum absolute atomic E-state index is 13.3. The number of carbonyl (C=O) groups is 2. The van der Waals surface area contributed by atoms with E-state index in [1.807, 2.05) is 0 Å². The van der Waals surface area contributed by atoms with Gasteiger partial charge in [0.05, 0.1) is 35.9 Å². The molecule has 10 nitrogen and oxygen atoms in total. The van der Waals surface area contributed by atoms with Crippen molar-refractivity contribution in [3.63, 3.8) is 0 Å². The molecule has 0 aromatic heterocycles. The van der Waals surface area contributed by atoms with E-state index in [1.165, 1.54) is 18.2 Å². The molecule has 0 saturated carbocycles.